The summed E-state index contributed by atoms with van der Waals surface area (Å²) in [6, 6.07) is 18.4. The van der Waals surface area contributed by atoms with Crippen LogP contribution >= 0.6 is 11.6 Å². The van der Waals surface area contributed by atoms with Crippen LogP contribution < -0.4 is 4.74 Å². The number of aromatic nitrogens is 1. The number of hydrogen-bond donors (Lipinski definition) is 0. The summed E-state index contributed by atoms with van der Waals surface area (Å²) in [5, 5.41) is 0.744. The Morgan fingerprint density at radius 2 is 1.51 bits per heavy atom. The monoisotopic (exact) mass is 489 g/mol. The van der Waals surface area contributed by atoms with Crippen LogP contribution in [-0.2, 0) is 0 Å². The first-order valence-electron chi connectivity index (χ1n) is 12.9. The van der Waals surface area contributed by atoms with Gasteiger partial charge in [0.05, 0.1) is 5.69 Å². The quantitative estimate of drug-likeness (QED) is 0.392. The maximum atomic E-state index is 6.19. The van der Waals surface area contributed by atoms with Gasteiger partial charge in [-0.05, 0) is 119 Å². The van der Waals surface area contributed by atoms with Crippen LogP contribution in [0.2, 0.25) is 5.02 Å². The lowest BCUT2D eigenvalue weighted by Gasteiger charge is -2.46. The van der Waals surface area contributed by atoms with E-state index in [1.165, 1.54) is 51.9 Å². The zero-order chi connectivity index (χ0) is 24.3. The summed E-state index contributed by atoms with van der Waals surface area (Å²) in [6.07, 6.45) is 7.36. The highest BCUT2D eigenvalue weighted by Gasteiger charge is 2.36. The first kappa shape index (κ1) is 24.3. The van der Waals surface area contributed by atoms with Crippen molar-refractivity contribution >= 4 is 11.6 Å². The molecule has 0 bridgehead atoms. The van der Waals surface area contributed by atoms with Crippen LogP contribution in [0.4, 0.5) is 0 Å². The van der Waals surface area contributed by atoms with E-state index < -0.39 is 0 Å². The standard InChI is InChI=1S/C30H36ClN3O/c1-23-21-25(28-9-5-26(22-32-28)24-3-7-27(31)8-4-24)6-10-29(23)35-20-19-34-17-13-30(14-18-34)11-15-33(2)16-12-30/h3-10,21-22H,11-20H2,1-2H3. The zero-order valence-electron chi connectivity index (χ0n) is 21.0. The van der Waals surface area contributed by atoms with Gasteiger partial charge in [0.1, 0.15) is 12.4 Å². The normalized spacial score (nSPS) is 18.6. The number of halogens is 1. The van der Waals surface area contributed by atoms with E-state index in [9.17, 15) is 0 Å². The fourth-order valence-electron chi connectivity index (χ4n) is 5.48. The molecule has 0 N–H and O–H groups in total. The van der Waals surface area contributed by atoms with Gasteiger partial charge < -0.3 is 9.64 Å². The highest BCUT2D eigenvalue weighted by Crippen LogP contribution is 2.40. The molecule has 3 heterocycles. The molecule has 0 unspecified atom stereocenters. The number of aryl methyl sites for hydroxylation is 1. The highest BCUT2D eigenvalue weighted by molar-refractivity contribution is 6.30. The topological polar surface area (TPSA) is 28.6 Å². The molecule has 5 rings (SSSR count). The Hall–Kier alpha value is -2.40. The van der Waals surface area contributed by atoms with Gasteiger partial charge in [-0.15, -0.1) is 0 Å². The predicted octanol–water partition coefficient (Wildman–Crippen LogP) is 6.56. The van der Waals surface area contributed by atoms with E-state index in [0.29, 0.717) is 5.41 Å². The zero-order valence-corrected chi connectivity index (χ0v) is 21.7. The van der Waals surface area contributed by atoms with Crippen molar-refractivity contribution in [1.29, 1.82) is 0 Å². The van der Waals surface area contributed by atoms with Gasteiger partial charge in [-0.25, -0.2) is 0 Å². The minimum absolute atomic E-state index is 0.608. The first-order valence-corrected chi connectivity index (χ1v) is 13.2. The van der Waals surface area contributed by atoms with Crippen molar-refractivity contribution in [1.82, 2.24) is 14.8 Å². The molecule has 5 heteroatoms. The van der Waals surface area contributed by atoms with Crippen molar-refractivity contribution in [3.8, 4) is 28.1 Å². The Morgan fingerprint density at radius 3 is 2.17 bits per heavy atom. The Kier molecular flexibility index (Phi) is 7.43. The molecule has 1 aromatic heterocycles. The molecule has 0 radical (unpaired) electrons. The van der Waals surface area contributed by atoms with Crippen LogP contribution in [0.25, 0.3) is 22.4 Å². The van der Waals surface area contributed by atoms with Gasteiger partial charge in [-0.2, -0.15) is 0 Å². The SMILES string of the molecule is Cc1cc(-c2ccc(-c3ccc(Cl)cc3)cn2)ccc1OCCN1CCC2(CCN(C)CC2)CC1. The van der Waals surface area contributed by atoms with E-state index in [2.05, 4.69) is 54.1 Å². The third-order valence-electron chi connectivity index (χ3n) is 8.04. The average Bonchev–Trinajstić information content (AvgIpc) is 2.89. The molecule has 35 heavy (non-hydrogen) atoms. The molecule has 0 aliphatic carbocycles. The Labute approximate surface area is 214 Å². The molecular formula is C30H36ClN3O. The van der Waals surface area contributed by atoms with Gasteiger partial charge in [0.2, 0.25) is 0 Å². The molecule has 2 saturated heterocycles. The number of hydrogen-bond acceptors (Lipinski definition) is 4. The van der Waals surface area contributed by atoms with Gasteiger partial charge in [-0.3, -0.25) is 9.88 Å². The number of piperidine rings is 2. The Morgan fingerprint density at radius 1 is 0.857 bits per heavy atom. The van der Waals surface area contributed by atoms with Crippen molar-refractivity contribution in [3.63, 3.8) is 0 Å². The molecule has 0 atom stereocenters. The molecule has 2 aromatic carbocycles. The van der Waals surface area contributed by atoms with Crippen LogP contribution in [0, 0.1) is 12.3 Å². The number of rotatable bonds is 6. The van der Waals surface area contributed by atoms with Crippen LogP contribution in [0.15, 0.2) is 60.8 Å². The fourth-order valence-corrected chi connectivity index (χ4v) is 5.60. The minimum atomic E-state index is 0.608. The van der Waals surface area contributed by atoms with E-state index in [-0.39, 0.29) is 0 Å². The second kappa shape index (κ2) is 10.7. The lowest BCUT2D eigenvalue weighted by atomic mass is 9.71. The third kappa shape index (κ3) is 5.88. The van der Waals surface area contributed by atoms with Crippen LogP contribution in [0.1, 0.15) is 31.2 Å². The molecular weight excluding hydrogens is 454 g/mol. The number of pyridine rings is 1. The van der Waals surface area contributed by atoms with Gasteiger partial charge in [0.15, 0.2) is 0 Å². The van der Waals surface area contributed by atoms with Crippen molar-refractivity contribution in [2.24, 2.45) is 5.41 Å². The molecule has 184 valence electrons. The number of likely N-dealkylation sites (tertiary alicyclic amines) is 2. The van der Waals surface area contributed by atoms with Crippen molar-refractivity contribution in [2.75, 3.05) is 46.4 Å². The molecule has 1 spiro atoms. The van der Waals surface area contributed by atoms with E-state index in [1.54, 1.807) is 0 Å². The maximum absolute atomic E-state index is 6.19. The number of ether oxygens (including phenoxy) is 1. The average molecular weight is 490 g/mol. The van der Waals surface area contributed by atoms with Crippen LogP contribution in [-0.4, -0.2) is 61.2 Å². The van der Waals surface area contributed by atoms with E-state index >= 15 is 0 Å². The van der Waals surface area contributed by atoms with Gasteiger partial charge in [0, 0.05) is 28.9 Å². The predicted molar refractivity (Wildman–Crippen MR) is 145 cm³/mol. The lowest BCUT2D eigenvalue weighted by Crippen LogP contribution is -2.46. The first-order chi connectivity index (χ1) is 17.0. The molecule has 4 nitrogen and oxygen atoms in total. The van der Waals surface area contributed by atoms with E-state index in [4.69, 9.17) is 21.3 Å². The smallest absolute Gasteiger partial charge is 0.122 e. The van der Waals surface area contributed by atoms with Crippen LogP contribution in [0.3, 0.4) is 0 Å². The molecule has 0 amide bonds. The summed E-state index contributed by atoms with van der Waals surface area (Å²) in [5.41, 5.74) is 6.03. The second-order valence-corrected chi connectivity index (χ2v) is 10.8. The molecule has 3 aromatic rings. The second-order valence-electron chi connectivity index (χ2n) is 10.4. The summed E-state index contributed by atoms with van der Waals surface area (Å²) in [6.45, 7) is 8.81. The van der Waals surface area contributed by atoms with Crippen molar-refractivity contribution < 1.29 is 4.74 Å². The summed E-state index contributed by atoms with van der Waals surface area (Å²) in [5.74, 6) is 0.968. The fraction of sp³-hybridized carbons (Fsp3) is 0.433. The molecule has 2 aliphatic rings. The van der Waals surface area contributed by atoms with Gasteiger partial charge >= 0.3 is 0 Å². The number of benzene rings is 2. The Bertz CT molecular complexity index is 1110. The van der Waals surface area contributed by atoms with Crippen molar-refractivity contribution in [3.05, 3.63) is 71.4 Å². The largest absolute Gasteiger partial charge is 0.492 e. The Balaban J connectivity index is 1.13. The van der Waals surface area contributed by atoms with Gasteiger partial charge in [0.25, 0.3) is 0 Å². The van der Waals surface area contributed by atoms with E-state index in [1.807, 2.05) is 30.5 Å². The molecule has 0 saturated carbocycles. The minimum Gasteiger partial charge on any atom is -0.492 e. The van der Waals surface area contributed by atoms with Gasteiger partial charge in [-0.1, -0.05) is 29.8 Å². The lowest BCUT2D eigenvalue weighted by molar-refractivity contribution is 0.0383. The van der Waals surface area contributed by atoms with Crippen LogP contribution in [0.5, 0.6) is 5.75 Å². The third-order valence-corrected chi connectivity index (χ3v) is 8.29. The van der Waals surface area contributed by atoms with Crippen molar-refractivity contribution in [2.45, 2.75) is 32.6 Å². The maximum Gasteiger partial charge on any atom is 0.122 e. The number of nitrogens with zero attached hydrogens (tertiary/aromatic N) is 3. The summed E-state index contributed by atoms with van der Waals surface area (Å²) >= 11 is 6.01. The summed E-state index contributed by atoms with van der Waals surface area (Å²) in [7, 11) is 2.25. The summed E-state index contributed by atoms with van der Waals surface area (Å²) in [4.78, 5) is 9.76. The highest BCUT2D eigenvalue weighted by atomic mass is 35.5. The summed E-state index contributed by atoms with van der Waals surface area (Å²) < 4.78 is 6.19. The molecule has 2 aliphatic heterocycles. The van der Waals surface area contributed by atoms with E-state index in [0.717, 1.165) is 51.9 Å². The molecule has 2 fully saturated rings.